The fourth-order valence-corrected chi connectivity index (χ4v) is 0. The van der Waals surface area contributed by atoms with Crippen LogP contribution < -0.4 is 5.73 Å². The zero-order valence-corrected chi connectivity index (χ0v) is 3.82. The predicted octanol–water partition coefficient (Wildman–Crippen LogP) is -0.0602. The molecule has 0 rings (SSSR count). The topological polar surface area (TPSA) is 49.9 Å². The van der Waals surface area contributed by atoms with E-state index in [0.29, 0.717) is 0 Å². The molecule has 0 heterocycles. The van der Waals surface area contributed by atoms with Crippen LogP contribution in [0, 0.1) is 5.41 Å². The molecule has 5 heavy (non-hydrogen) atoms. The van der Waals surface area contributed by atoms with Crippen LogP contribution in [0.2, 0.25) is 0 Å². The van der Waals surface area contributed by atoms with E-state index in [9.17, 15) is 0 Å². The third-order valence-corrected chi connectivity index (χ3v) is 0. The molecule has 0 aliphatic heterocycles. The summed E-state index contributed by atoms with van der Waals surface area (Å²) in [4.78, 5) is 0. The summed E-state index contributed by atoms with van der Waals surface area (Å²) in [5.41, 5.74) is 4.69. The zero-order chi connectivity index (χ0) is 3.58. The van der Waals surface area contributed by atoms with Crippen molar-refractivity contribution in [1.82, 2.24) is 0 Å². The van der Waals surface area contributed by atoms with E-state index in [0.717, 1.165) is 0 Å². The first kappa shape index (κ1) is 8.89. The van der Waals surface area contributed by atoms with Crippen LogP contribution in [-0.4, -0.2) is 5.84 Å². The second-order valence-electron chi connectivity index (χ2n) is 0.683. The predicted molar refractivity (Wildman–Crippen MR) is 17.6 cm³/mol. The second-order valence-corrected chi connectivity index (χ2v) is 0.683. The Labute approximate surface area is 41.7 Å². The first-order chi connectivity index (χ1) is 1.73. The third-order valence-electron chi connectivity index (χ3n) is 0. The van der Waals surface area contributed by atoms with Crippen molar-refractivity contribution < 1.29 is 17.1 Å². The van der Waals surface area contributed by atoms with Gasteiger partial charge in [-0.05, 0) is 6.92 Å². The Bertz CT molecular complexity index is 30.6. The number of hydrogen-bond donors (Lipinski definition) is 2. The molecule has 35 valence electrons. The van der Waals surface area contributed by atoms with Gasteiger partial charge in [-0.25, -0.2) is 0 Å². The summed E-state index contributed by atoms with van der Waals surface area (Å²) in [7, 11) is 0. The van der Waals surface area contributed by atoms with Gasteiger partial charge in [0.2, 0.25) is 0 Å². The molecule has 3 N–H and O–H groups in total. The Hall–Kier alpha value is -0.0105. The van der Waals surface area contributed by atoms with Gasteiger partial charge >= 0.3 is 0 Å². The van der Waals surface area contributed by atoms with Crippen molar-refractivity contribution in [2.24, 2.45) is 5.73 Å². The van der Waals surface area contributed by atoms with Gasteiger partial charge in [-0.15, -0.1) is 0 Å². The molecule has 1 radical (unpaired) electrons. The SMILES string of the molecule is CC(=N)N.[Cu]. The van der Waals surface area contributed by atoms with Gasteiger partial charge in [-0.2, -0.15) is 0 Å². The van der Waals surface area contributed by atoms with Gasteiger partial charge in [-0.3, -0.25) is 5.41 Å². The molecule has 0 aliphatic rings. The molecule has 0 saturated carbocycles. The maximum atomic E-state index is 6.28. The third kappa shape index (κ3) is 143000. The van der Waals surface area contributed by atoms with E-state index in [4.69, 9.17) is 11.1 Å². The molecule has 0 unspecified atom stereocenters. The molecule has 0 spiro atoms. The van der Waals surface area contributed by atoms with E-state index in [1.54, 1.807) is 0 Å². The molecular formula is C2H6CuN2. The summed E-state index contributed by atoms with van der Waals surface area (Å²) >= 11 is 0. The van der Waals surface area contributed by atoms with Crippen LogP contribution in [0.5, 0.6) is 0 Å². The second kappa shape index (κ2) is 3.99. The molecule has 0 aromatic rings. The number of rotatable bonds is 0. The monoisotopic (exact) mass is 121 g/mol. The van der Waals surface area contributed by atoms with Crippen LogP contribution in [0.1, 0.15) is 6.92 Å². The minimum atomic E-state index is 0. The molecule has 0 aromatic carbocycles. The van der Waals surface area contributed by atoms with E-state index in [1.807, 2.05) is 0 Å². The molecule has 2 nitrogen and oxygen atoms in total. The summed E-state index contributed by atoms with van der Waals surface area (Å²) in [6, 6.07) is 0. The number of amidine groups is 1. The van der Waals surface area contributed by atoms with E-state index in [-0.39, 0.29) is 22.9 Å². The quantitative estimate of drug-likeness (QED) is 0.263. The molecular weight excluding hydrogens is 116 g/mol. The maximum Gasteiger partial charge on any atom is 0.0873 e. The van der Waals surface area contributed by atoms with Crippen molar-refractivity contribution in [1.29, 1.82) is 5.41 Å². The van der Waals surface area contributed by atoms with Crippen molar-refractivity contribution >= 4 is 5.84 Å². The zero-order valence-electron chi connectivity index (χ0n) is 2.88. The Morgan fingerprint density at radius 1 is 1.80 bits per heavy atom. The molecule has 3 heteroatoms. The average molecular weight is 122 g/mol. The number of nitrogens with one attached hydrogen (secondary N) is 1. The maximum absolute atomic E-state index is 6.28. The van der Waals surface area contributed by atoms with E-state index >= 15 is 0 Å². The summed E-state index contributed by atoms with van der Waals surface area (Å²) in [5.74, 6) is 0.167. The van der Waals surface area contributed by atoms with E-state index in [2.05, 4.69) is 0 Å². The summed E-state index contributed by atoms with van der Waals surface area (Å²) in [6.07, 6.45) is 0. The van der Waals surface area contributed by atoms with Gasteiger partial charge in [-0.1, -0.05) is 0 Å². The molecule has 0 amide bonds. The van der Waals surface area contributed by atoms with Gasteiger partial charge in [0.25, 0.3) is 0 Å². The first-order valence-corrected chi connectivity index (χ1v) is 1.04. The van der Waals surface area contributed by atoms with E-state index in [1.165, 1.54) is 6.92 Å². The first-order valence-electron chi connectivity index (χ1n) is 1.04. The van der Waals surface area contributed by atoms with Crippen LogP contribution in [-0.2, 0) is 17.1 Å². The Kier molecular flexibility index (Phi) is 7.09. The van der Waals surface area contributed by atoms with Crippen molar-refractivity contribution in [2.45, 2.75) is 6.92 Å². The number of hydrogen-bond acceptors (Lipinski definition) is 1. The molecule has 0 fully saturated rings. The van der Waals surface area contributed by atoms with Crippen LogP contribution in [0.4, 0.5) is 0 Å². The summed E-state index contributed by atoms with van der Waals surface area (Å²) < 4.78 is 0. The average Bonchev–Trinajstić information content (AvgIpc) is 0.811. The van der Waals surface area contributed by atoms with Gasteiger partial charge in [0, 0.05) is 17.1 Å². The van der Waals surface area contributed by atoms with Crippen LogP contribution >= 0.6 is 0 Å². The van der Waals surface area contributed by atoms with Gasteiger partial charge in [0.05, 0.1) is 5.84 Å². The molecule has 0 aliphatic carbocycles. The van der Waals surface area contributed by atoms with Gasteiger partial charge < -0.3 is 5.73 Å². The fourth-order valence-electron chi connectivity index (χ4n) is 0. The van der Waals surface area contributed by atoms with E-state index < -0.39 is 0 Å². The van der Waals surface area contributed by atoms with Crippen LogP contribution in [0.15, 0.2) is 0 Å². The normalized spacial score (nSPS) is 5.00. The largest absolute Gasteiger partial charge is 0.388 e. The summed E-state index contributed by atoms with van der Waals surface area (Å²) in [6.45, 7) is 1.53. The van der Waals surface area contributed by atoms with Crippen LogP contribution in [0.3, 0.4) is 0 Å². The Balaban J connectivity index is 0. The standard InChI is InChI=1S/C2H6N2.Cu/c1-2(3)4;/h1H3,(H3,3,4);. The van der Waals surface area contributed by atoms with Crippen molar-refractivity contribution in [3.63, 3.8) is 0 Å². The smallest absolute Gasteiger partial charge is 0.0873 e. The molecule has 0 saturated heterocycles. The minimum Gasteiger partial charge on any atom is -0.388 e. The summed E-state index contributed by atoms with van der Waals surface area (Å²) in [5, 5.41) is 6.28. The van der Waals surface area contributed by atoms with Gasteiger partial charge in [0.15, 0.2) is 0 Å². The molecule has 0 aromatic heterocycles. The molecule has 0 bridgehead atoms. The Morgan fingerprint density at radius 2 is 1.80 bits per heavy atom. The minimum absolute atomic E-state index is 0. The molecule has 0 atom stereocenters. The van der Waals surface area contributed by atoms with Crippen molar-refractivity contribution in [2.75, 3.05) is 0 Å². The van der Waals surface area contributed by atoms with Crippen LogP contribution in [0.25, 0.3) is 0 Å². The number of nitrogens with two attached hydrogens (primary N) is 1. The van der Waals surface area contributed by atoms with Crippen molar-refractivity contribution in [3.05, 3.63) is 0 Å². The fraction of sp³-hybridized carbons (Fsp3) is 0.500. The van der Waals surface area contributed by atoms with Crippen molar-refractivity contribution in [3.8, 4) is 0 Å². The Morgan fingerprint density at radius 3 is 1.80 bits per heavy atom. The van der Waals surface area contributed by atoms with Gasteiger partial charge in [0.1, 0.15) is 0 Å².